The van der Waals surface area contributed by atoms with Gasteiger partial charge in [0.15, 0.2) is 17.6 Å². The predicted molar refractivity (Wildman–Crippen MR) is 88.7 cm³/mol. The van der Waals surface area contributed by atoms with Crippen LogP contribution in [-0.4, -0.2) is 64.2 Å². The van der Waals surface area contributed by atoms with Crippen LogP contribution < -0.4 is 15.1 Å². The van der Waals surface area contributed by atoms with Gasteiger partial charge in [0.25, 0.3) is 0 Å². The minimum absolute atomic E-state index is 0.0544. The maximum absolute atomic E-state index is 11.5. The molecule has 1 aromatic heterocycles. The van der Waals surface area contributed by atoms with E-state index in [1.807, 2.05) is 0 Å². The summed E-state index contributed by atoms with van der Waals surface area (Å²) in [5.41, 5.74) is 0.300. The van der Waals surface area contributed by atoms with Crippen molar-refractivity contribution in [1.82, 2.24) is 0 Å². The summed E-state index contributed by atoms with van der Waals surface area (Å²) in [7, 11) is 1.33. The van der Waals surface area contributed by atoms with Crippen LogP contribution in [0, 0.1) is 6.92 Å². The molecule has 5 atom stereocenters. The average molecular weight is 382 g/mol. The van der Waals surface area contributed by atoms with Crippen LogP contribution in [0.3, 0.4) is 0 Å². The van der Waals surface area contributed by atoms with Crippen molar-refractivity contribution < 1.29 is 43.8 Å². The van der Waals surface area contributed by atoms with Gasteiger partial charge in [-0.15, -0.1) is 0 Å². The van der Waals surface area contributed by atoms with Crippen molar-refractivity contribution in [2.75, 3.05) is 7.11 Å². The molecule has 0 amide bonds. The molecule has 0 aliphatic carbocycles. The Kier molecular flexibility index (Phi) is 5.07. The molecule has 4 N–H and O–H groups in total. The number of aliphatic carboxylic acids is 1. The first-order valence-electron chi connectivity index (χ1n) is 7.94. The predicted octanol–water partition coefficient (Wildman–Crippen LogP) is -0.619. The van der Waals surface area contributed by atoms with Gasteiger partial charge in [-0.2, -0.15) is 0 Å². The summed E-state index contributed by atoms with van der Waals surface area (Å²) in [5.74, 6) is -1.34. The molecule has 1 fully saturated rings. The largest absolute Gasteiger partial charge is 0.493 e. The quantitative estimate of drug-likeness (QED) is 0.503. The van der Waals surface area contributed by atoms with Crippen molar-refractivity contribution in [3.05, 3.63) is 34.2 Å². The number of hydrogen-bond acceptors (Lipinski definition) is 9. The van der Waals surface area contributed by atoms with E-state index in [0.717, 1.165) is 0 Å². The van der Waals surface area contributed by atoms with E-state index in [-0.39, 0.29) is 17.1 Å². The third-order valence-electron chi connectivity index (χ3n) is 4.29. The standard InChI is InChI=1S/C17H18O10/c1-6-3-11(18)25-8-5-9(24-2)10(4-7(6)8)26-17-14(21)12(19)13(20)15(27-17)16(22)23/h3-5,12-15,17,19-21H,1-2H3,(H,22,23)/t12-,13-,14+,15-,17+/m0/s1. The van der Waals surface area contributed by atoms with Crippen molar-refractivity contribution in [2.45, 2.75) is 37.6 Å². The fraction of sp³-hybridized carbons (Fsp3) is 0.412. The van der Waals surface area contributed by atoms with E-state index in [1.54, 1.807) is 6.92 Å². The second-order valence-corrected chi connectivity index (χ2v) is 6.10. The van der Waals surface area contributed by atoms with Gasteiger partial charge in [-0.25, -0.2) is 9.59 Å². The number of fused-ring (bicyclic) bond motifs is 1. The van der Waals surface area contributed by atoms with Crippen LogP contribution in [0.1, 0.15) is 5.56 Å². The van der Waals surface area contributed by atoms with Crippen molar-refractivity contribution in [2.24, 2.45) is 0 Å². The number of aliphatic hydroxyl groups is 3. The molecule has 0 saturated carbocycles. The molecule has 1 aliphatic heterocycles. The van der Waals surface area contributed by atoms with E-state index >= 15 is 0 Å². The number of hydrogen-bond donors (Lipinski definition) is 4. The monoisotopic (exact) mass is 382 g/mol. The number of rotatable bonds is 4. The molecule has 146 valence electrons. The first-order valence-corrected chi connectivity index (χ1v) is 7.94. The molecule has 0 radical (unpaired) electrons. The van der Waals surface area contributed by atoms with E-state index in [4.69, 9.17) is 23.7 Å². The second kappa shape index (κ2) is 7.16. The first-order chi connectivity index (χ1) is 12.7. The Hall–Kier alpha value is -2.66. The number of aryl methyl sites for hydroxylation is 1. The zero-order valence-corrected chi connectivity index (χ0v) is 14.4. The molecule has 1 aromatic carbocycles. The summed E-state index contributed by atoms with van der Waals surface area (Å²) in [6, 6.07) is 4.15. The Morgan fingerprint density at radius 3 is 2.41 bits per heavy atom. The number of aliphatic hydroxyl groups excluding tert-OH is 3. The van der Waals surface area contributed by atoms with Gasteiger partial charge in [0, 0.05) is 17.5 Å². The second-order valence-electron chi connectivity index (χ2n) is 6.10. The van der Waals surface area contributed by atoms with Gasteiger partial charge in [0.2, 0.25) is 6.29 Å². The van der Waals surface area contributed by atoms with E-state index in [1.165, 1.54) is 25.3 Å². The summed E-state index contributed by atoms with van der Waals surface area (Å²) < 4.78 is 20.9. The summed E-state index contributed by atoms with van der Waals surface area (Å²) >= 11 is 0. The lowest BCUT2D eigenvalue weighted by molar-refractivity contribution is -0.271. The van der Waals surface area contributed by atoms with Gasteiger partial charge < -0.3 is 39.1 Å². The highest BCUT2D eigenvalue weighted by atomic mass is 16.7. The Labute approximate surface area is 152 Å². The van der Waals surface area contributed by atoms with Crippen LogP contribution in [0.5, 0.6) is 11.5 Å². The molecular weight excluding hydrogens is 364 g/mol. The summed E-state index contributed by atoms with van der Waals surface area (Å²) in [5, 5.41) is 39.3. The Morgan fingerprint density at radius 2 is 1.78 bits per heavy atom. The minimum atomic E-state index is -1.83. The lowest BCUT2D eigenvalue weighted by Gasteiger charge is -2.38. The Bertz CT molecular complexity index is 920. The van der Waals surface area contributed by atoms with Gasteiger partial charge >= 0.3 is 11.6 Å². The fourth-order valence-electron chi connectivity index (χ4n) is 2.85. The van der Waals surface area contributed by atoms with Crippen molar-refractivity contribution in [3.8, 4) is 11.5 Å². The molecule has 10 nitrogen and oxygen atoms in total. The van der Waals surface area contributed by atoms with Crippen LogP contribution in [0.25, 0.3) is 11.0 Å². The van der Waals surface area contributed by atoms with Crippen molar-refractivity contribution in [1.29, 1.82) is 0 Å². The zero-order valence-electron chi connectivity index (χ0n) is 14.4. The number of benzene rings is 1. The third kappa shape index (κ3) is 3.47. The van der Waals surface area contributed by atoms with E-state index in [9.17, 15) is 24.9 Å². The van der Waals surface area contributed by atoms with Gasteiger partial charge in [-0.05, 0) is 18.6 Å². The number of carbonyl (C=O) groups is 1. The average Bonchev–Trinajstić information content (AvgIpc) is 2.61. The van der Waals surface area contributed by atoms with E-state index in [2.05, 4.69) is 0 Å². The molecule has 0 unspecified atom stereocenters. The molecule has 2 aromatic rings. The van der Waals surface area contributed by atoms with E-state index in [0.29, 0.717) is 10.9 Å². The van der Waals surface area contributed by atoms with E-state index < -0.39 is 42.3 Å². The maximum atomic E-state index is 11.5. The summed E-state index contributed by atoms with van der Waals surface area (Å²) in [6.45, 7) is 1.68. The van der Waals surface area contributed by atoms with Gasteiger partial charge in [0.05, 0.1) is 7.11 Å². The zero-order chi connectivity index (χ0) is 19.9. The van der Waals surface area contributed by atoms with Gasteiger partial charge in [-0.1, -0.05) is 0 Å². The van der Waals surface area contributed by atoms with Crippen molar-refractivity contribution >= 4 is 16.9 Å². The van der Waals surface area contributed by atoms with Crippen LogP contribution in [0.2, 0.25) is 0 Å². The van der Waals surface area contributed by atoms with Crippen molar-refractivity contribution in [3.63, 3.8) is 0 Å². The summed E-state index contributed by atoms with van der Waals surface area (Å²) in [6.07, 6.45) is -8.72. The number of methoxy groups -OCH3 is 1. The molecule has 0 bridgehead atoms. The Morgan fingerprint density at radius 1 is 1.07 bits per heavy atom. The highest BCUT2D eigenvalue weighted by Gasteiger charge is 2.48. The lowest BCUT2D eigenvalue weighted by Crippen LogP contribution is -2.61. The lowest BCUT2D eigenvalue weighted by atomic mass is 9.99. The minimum Gasteiger partial charge on any atom is -0.493 e. The molecule has 3 rings (SSSR count). The normalized spacial score (nSPS) is 28.1. The smallest absolute Gasteiger partial charge is 0.336 e. The van der Waals surface area contributed by atoms with Crippen LogP contribution in [-0.2, 0) is 9.53 Å². The Balaban J connectivity index is 1.99. The molecule has 2 heterocycles. The molecule has 0 spiro atoms. The molecule has 10 heteroatoms. The highest BCUT2D eigenvalue weighted by molar-refractivity contribution is 5.83. The van der Waals surface area contributed by atoms with Crippen LogP contribution in [0.15, 0.2) is 27.4 Å². The molecule has 1 saturated heterocycles. The summed E-state index contributed by atoms with van der Waals surface area (Å²) in [4.78, 5) is 22.7. The fourth-order valence-corrected chi connectivity index (χ4v) is 2.85. The molecule has 1 aliphatic rings. The molecule has 27 heavy (non-hydrogen) atoms. The van der Waals surface area contributed by atoms with Crippen LogP contribution in [0.4, 0.5) is 0 Å². The highest BCUT2D eigenvalue weighted by Crippen LogP contribution is 2.35. The molecular formula is C17H18O10. The first kappa shape index (κ1) is 19.1. The number of carboxylic acids is 1. The number of ether oxygens (including phenoxy) is 3. The third-order valence-corrected chi connectivity index (χ3v) is 4.29. The van der Waals surface area contributed by atoms with Gasteiger partial charge in [-0.3, -0.25) is 0 Å². The van der Waals surface area contributed by atoms with Gasteiger partial charge in [0.1, 0.15) is 23.9 Å². The SMILES string of the molecule is COc1cc2oc(=O)cc(C)c2cc1O[C@@H]1O[C@H](C(=O)O)[C@@H](O)[C@H](O)[C@H]1O. The van der Waals surface area contributed by atoms with Crippen LogP contribution >= 0.6 is 0 Å². The topological polar surface area (TPSA) is 156 Å². The number of carboxylic acid groups (broad SMARTS) is 1. The maximum Gasteiger partial charge on any atom is 0.336 e.